The lowest BCUT2D eigenvalue weighted by Gasteiger charge is -2.37. The minimum Gasteiger partial charge on any atom is -0.340 e. The summed E-state index contributed by atoms with van der Waals surface area (Å²) in [5.74, 6) is 0.433. The number of nitrogens with zero attached hydrogens (tertiary/aromatic N) is 7. The quantitative estimate of drug-likeness (QED) is 0.450. The van der Waals surface area contributed by atoms with Gasteiger partial charge in [-0.25, -0.2) is 14.8 Å². The number of aliphatic imine (C=N–C) groups is 1. The molecule has 178 valence electrons. The van der Waals surface area contributed by atoms with Crippen LogP contribution in [0.2, 0.25) is 0 Å². The largest absolute Gasteiger partial charge is 0.340 e. The first-order valence-electron chi connectivity index (χ1n) is 11.4. The number of hydrogen-bond donors (Lipinski definition) is 1. The van der Waals surface area contributed by atoms with E-state index in [1.165, 1.54) is 0 Å². The Balaban J connectivity index is 1.31. The van der Waals surface area contributed by atoms with E-state index in [1.807, 2.05) is 77.6 Å². The third-order valence-electron chi connectivity index (χ3n) is 6.45. The fraction of sp³-hybridized carbons (Fsp3) is 0.292. The first kappa shape index (κ1) is 21.5. The van der Waals surface area contributed by atoms with Crippen LogP contribution in [0.25, 0.3) is 16.2 Å². The first-order chi connectivity index (χ1) is 17.0. The zero-order chi connectivity index (χ0) is 24.1. The fourth-order valence-electron chi connectivity index (χ4n) is 4.74. The summed E-state index contributed by atoms with van der Waals surface area (Å²) < 4.78 is 3.76. The van der Waals surface area contributed by atoms with Crippen LogP contribution in [0.4, 0.5) is 4.79 Å². The van der Waals surface area contributed by atoms with E-state index in [9.17, 15) is 9.59 Å². The molecule has 0 saturated carbocycles. The zero-order valence-corrected chi connectivity index (χ0v) is 20.1. The molecule has 10 nitrogen and oxygen atoms in total. The molecule has 0 aliphatic carbocycles. The Morgan fingerprint density at radius 1 is 1.09 bits per heavy atom. The summed E-state index contributed by atoms with van der Waals surface area (Å²) in [6.45, 7) is 2.85. The molecule has 1 N–H and O–H groups in total. The number of aromatic nitrogens is 4. The molecule has 2 unspecified atom stereocenters. The van der Waals surface area contributed by atoms with Crippen LogP contribution < -0.4 is 5.32 Å². The van der Waals surface area contributed by atoms with Crippen LogP contribution in [0.15, 0.2) is 59.3 Å². The zero-order valence-electron chi connectivity index (χ0n) is 19.3. The van der Waals surface area contributed by atoms with Crippen molar-refractivity contribution >= 4 is 34.1 Å². The van der Waals surface area contributed by atoms with E-state index < -0.39 is 18.2 Å². The number of thiazole rings is 1. The van der Waals surface area contributed by atoms with E-state index >= 15 is 0 Å². The maximum atomic E-state index is 13.0. The highest BCUT2D eigenvalue weighted by molar-refractivity contribution is 7.15. The summed E-state index contributed by atoms with van der Waals surface area (Å²) in [4.78, 5) is 39.6. The highest BCUT2D eigenvalue weighted by Gasteiger charge is 2.49. The van der Waals surface area contributed by atoms with Gasteiger partial charge < -0.3 is 4.90 Å². The molecular formula is C24H24N8O2S. The lowest BCUT2D eigenvalue weighted by Crippen LogP contribution is -2.64. The van der Waals surface area contributed by atoms with Crippen molar-refractivity contribution < 1.29 is 9.59 Å². The minimum atomic E-state index is -0.582. The number of carbonyl (C=O) groups excluding carboxylic acids is 2. The van der Waals surface area contributed by atoms with Gasteiger partial charge >= 0.3 is 6.03 Å². The summed E-state index contributed by atoms with van der Waals surface area (Å²) in [6, 6.07) is 9.16. The molecule has 3 aromatic heterocycles. The Hall–Kier alpha value is -3.99. The van der Waals surface area contributed by atoms with Crippen molar-refractivity contribution in [3.8, 4) is 11.3 Å². The summed E-state index contributed by atoms with van der Waals surface area (Å²) >= 11 is 1.57. The SMILES string of the molecule is CCN1C(=O)NC(=O)C2C1N=C(Cc1cn3ccsc3n1)N2Cc1ccc(-c2ccn(C)n2)cc1. The predicted octanol–water partition coefficient (Wildman–Crippen LogP) is 2.52. The van der Waals surface area contributed by atoms with E-state index in [0.717, 1.165) is 33.3 Å². The number of aryl methyl sites for hydroxylation is 1. The number of benzene rings is 1. The van der Waals surface area contributed by atoms with E-state index in [2.05, 4.69) is 10.4 Å². The molecule has 6 rings (SSSR count). The molecule has 11 heteroatoms. The molecule has 5 heterocycles. The van der Waals surface area contributed by atoms with Crippen molar-refractivity contribution in [3.63, 3.8) is 0 Å². The van der Waals surface area contributed by atoms with Crippen molar-refractivity contribution in [3.05, 3.63) is 65.6 Å². The molecule has 2 atom stereocenters. The Kier molecular flexibility index (Phi) is 5.14. The van der Waals surface area contributed by atoms with Gasteiger partial charge in [-0.3, -0.25) is 24.1 Å². The number of imidazole rings is 1. The van der Waals surface area contributed by atoms with Gasteiger partial charge in [0.2, 0.25) is 0 Å². The third-order valence-corrected chi connectivity index (χ3v) is 7.22. The van der Waals surface area contributed by atoms with Crippen LogP contribution >= 0.6 is 11.3 Å². The maximum Gasteiger partial charge on any atom is 0.325 e. The van der Waals surface area contributed by atoms with Gasteiger partial charge in [-0.05, 0) is 18.6 Å². The number of hydrogen-bond acceptors (Lipinski definition) is 7. The summed E-state index contributed by atoms with van der Waals surface area (Å²) in [6.07, 6.45) is 5.80. The fourth-order valence-corrected chi connectivity index (χ4v) is 5.46. The van der Waals surface area contributed by atoms with Gasteiger partial charge in [0.15, 0.2) is 17.2 Å². The smallest absolute Gasteiger partial charge is 0.325 e. The molecule has 1 saturated heterocycles. The van der Waals surface area contributed by atoms with Gasteiger partial charge in [0.25, 0.3) is 5.91 Å². The average Bonchev–Trinajstić information content (AvgIpc) is 3.60. The van der Waals surface area contributed by atoms with Crippen molar-refractivity contribution in [1.29, 1.82) is 0 Å². The standard InChI is InChI=1S/C24H24N8O2S/c1-3-31-21-20(22(33)27-23(31)34)32(19(26-21)12-17-14-30-10-11-35-24(30)25-17)13-15-4-6-16(7-5-15)18-8-9-29(2)28-18/h4-11,14,20-21H,3,12-13H2,1-2H3,(H,27,33,34). The topological polar surface area (TPSA) is 100 Å². The monoisotopic (exact) mass is 488 g/mol. The highest BCUT2D eigenvalue weighted by Crippen LogP contribution is 2.29. The van der Waals surface area contributed by atoms with Gasteiger partial charge in [-0.2, -0.15) is 5.10 Å². The number of amidine groups is 1. The lowest BCUT2D eigenvalue weighted by atomic mass is 10.1. The lowest BCUT2D eigenvalue weighted by molar-refractivity contribution is -0.127. The molecule has 0 radical (unpaired) electrons. The second-order valence-corrected chi connectivity index (χ2v) is 9.56. The van der Waals surface area contributed by atoms with Gasteiger partial charge in [0.05, 0.1) is 11.4 Å². The molecule has 0 spiro atoms. The van der Waals surface area contributed by atoms with Gasteiger partial charge in [-0.15, -0.1) is 11.3 Å². The van der Waals surface area contributed by atoms with E-state index in [1.54, 1.807) is 20.9 Å². The van der Waals surface area contributed by atoms with Crippen molar-refractivity contribution in [1.82, 2.24) is 34.3 Å². The van der Waals surface area contributed by atoms with E-state index in [4.69, 9.17) is 9.98 Å². The van der Waals surface area contributed by atoms with Crippen molar-refractivity contribution in [2.45, 2.75) is 32.1 Å². The molecule has 1 fully saturated rings. The molecule has 35 heavy (non-hydrogen) atoms. The third kappa shape index (κ3) is 3.77. The second-order valence-electron chi connectivity index (χ2n) is 8.69. The Morgan fingerprint density at radius 2 is 1.91 bits per heavy atom. The summed E-state index contributed by atoms with van der Waals surface area (Å²) in [5.41, 5.74) is 3.85. The maximum absolute atomic E-state index is 13.0. The Bertz CT molecular complexity index is 1420. The number of fused-ring (bicyclic) bond motifs is 2. The number of carbonyl (C=O) groups is 2. The second kappa shape index (κ2) is 8.35. The number of urea groups is 1. The molecule has 0 bridgehead atoms. The molecular weight excluding hydrogens is 464 g/mol. The summed E-state index contributed by atoms with van der Waals surface area (Å²) in [7, 11) is 1.89. The first-order valence-corrected chi connectivity index (χ1v) is 12.3. The van der Waals surface area contributed by atoms with Gasteiger partial charge in [0, 0.05) is 56.1 Å². The average molecular weight is 489 g/mol. The normalized spacial score (nSPS) is 19.9. The van der Waals surface area contributed by atoms with Crippen LogP contribution in [0.5, 0.6) is 0 Å². The van der Waals surface area contributed by atoms with Crippen molar-refractivity contribution in [2.75, 3.05) is 6.54 Å². The number of rotatable bonds is 6. The number of amides is 3. The van der Waals surface area contributed by atoms with Crippen LogP contribution in [-0.2, 0) is 24.8 Å². The number of likely N-dealkylation sites (N-methyl/N-ethyl adjacent to an activating group) is 1. The van der Waals surface area contributed by atoms with E-state index in [0.29, 0.717) is 19.5 Å². The number of nitrogens with one attached hydrogen (secondary N) is 1. The van der Waals surface area contributed by atoms with Crippen LogP contribution in [0.1, 0.15) is 18.2 Å². The highest BCUT2D eigenvalue weighted by atomic mass is 32.1. The van der Waals surface area contributed by atoms with Crippen LogP contribution in [-0.4, -0.2) is 65.5 Å². The Labute approximate surface area is 205 Å². The molecule has 2 aliphatic rings. The van der Waals surface area contributed by atoms with Gasteiger partial charge in [0.1, 0.15) is 5.84 Å². The molecule has 3 amide bonds. The van der Waals surface area contributed by atoms with Crippen LogP contribution in [0.3, 0.4) is 0 Å². The molecule has 4 aromatic rings. The molecule has 2 aliphatic heterocycles. The predicted molar refractivity (Wildman–Crippen MR) is 132 cm³/mol. The molecule has 1 aromatic carbocycles. The minimum absolute atomic E-state index is 0.320. The van der Waals surface area contributed by atoms with E-state index in [-0.39, 0.29) is 5.91 Å². The van der Waals surface area contributed by atoms with Gasteiger partial charge in [-0.1, -0.05) is 24.3 Å². The Morgan fingerprint density at radius 3 is 2.63 bits per heavy atom. The summed E-state index contributed by atoms with van der Waals surface area (Å²) in [5, 5.41) is 8.96. The van der Waals surface area contributed by atoms with Crippen LogP contribution in [0, 0.1) is 0 Å². The number of imide groups is 1. The van der Waals surface area contributed by atoms with Crippen molar-refractivity contribution in [2.24, 2.45) is 12.0 Å².